The van der Waals surface area contributed by atoms with Crippen molar-refractivity contribution in [2.45, 2.75) is 4.90 Å². The first-order valence-corrected chi connectivity index (χ1v) is 7.88. The third-order valence-corrected chi connectivity index (χ3v) is 4.48. The van der Waals surface area contributed by atoms with Crippen LogP contribution < -0.4 is 4.74 Å². The largest absolute Gasteiger partial charge is 0.493 e. The van der Waals surface area contributed by atoms with Gasteiger partial charge in [0.15, 0.2) is 9.84 Å². The van der Waals surface area contributed by atoms with Gasteiger partial charge in [0.05, 0.1) is 16.2 Å². The quantitative estimate of drug-likeness (QED) is 0.885. The fraction of sp³-hybridized carbons (Fsp3) is 0.133. The third-order valence-electron chi connectivity index (χ3n) is 2.80. The van der Waals surface area contributed by atoms with Gasteiger partial charge in [-0.15, -0.1) is 0 Å². The molecule has 0 atom stereocenters. The number of benzene rings is 2. The van der Waals surface area contributed by atoms with Crippen LogP contribution in [0.15, 0.2) is 59.5 Å². The highest BCUT2D eigenvalue weighted by Crippen LogP contribution is 2.14. The molecule has 0 radical (unpaired) electrons. The molecule has 0 saturated carbocycles. The number of carboxylic acids is 1. The van der Waals surface area contributed by atoms with Crippen LogP contribution in [0.5, 0.6) is 5.75 Å². The van der Waals surface area contributed by atoms with Gasteiger partial charge in [-0.1, -0.05) is 24.3 Å². The second kappa shape index (κ2) is 6.41. The van der Waals surface area contributed by atoms with E-state index in [1.54, 1.807) is 24.3 Å². The van der Waals surface area contributed by atoms with E-state index >= 15 is 0 Å². The van der Waals surface area contributed by atoms with E-state index < -0.39 is 15.8 Å². The Kier molecular flexibility index (Phi) is 4.59. The second-order valence-electron chi connectivity index (χ2n) is 4.31. The maximum absolute atomic E-state index is 12.1. The lowest BCUT2D eigenvalue weighted by Crippen LogP contribution is -2.14. The second-order valence-corrected chi connectivity index (χ2v) is 6.42. The van der Waals surface area contributed by atoms with Crippen LogP contribution in [0, 0.1) is 0 Å². The van der Waals surface area contributed by atoms with Crippen molar-refractivity contribution in [2.24, 2.45) is 0 Å². The van der Waals surface area contributed by atoms with Crippen LogP contribution in [0.1, 0.15) is 10.4 Å². The Hall–Kier alpha value is -2.34. The predicted octanol–water partition coefficient (Wildman–Crippen LogP) is 2.24. The van der Waals surface area contributed by atoms with Gasteiger partial charge in [-0.05, 0) is 30.3 Å². The molecule has 2 rings (SSSR count). The van der Waals surface area contributed by atoms with Crippen LogP contribution in [-0.2, 0) is 9.84 Å². The molecule has 110 valence electrons. The van der Waals surface area contributed by atoms with E-state index in [1.807, 2.05) is 6.07 Å². The molecule has 0 aliphatic carbocycles. The molecule has 0 aliphatic heterocycles. The van der Waals surface area contributed by atoms with E-state index in [9.17, 15) is 13.2 Å². The van der Waals surface area contributed by atoms with Crippen molar-refractivity contribution in [1.82, 2.24) is 0 Å². The van der Waals surface area contributed by atoms with Crippen LogP contribution in [-0.4, -0.2) is 31.9 Å². The number of hydrogen-bond donors (Lipinski definition) is 1. The van der Waals surface area contributed by atoms with Gasteiger partial charge in [-0.25, -0.2) is 13.2 Å². The smallest absolute Gasteiger partial charge is 0.335 e. The molecule has 21 heavy (non-hydrogen) atoms. The summed E-state index contributed by atoms with van der Waals surface area (Å²) in [6.45, 7) is 0.00362. The Bertz CT molecular complexity index is 723. The van der Waals surface area contributed by atoms with Crippen LogP contribution >= 0.6 is 0 Å². The predicted molar refractivity (Wildman–Crippen MR) is 77.4 cm³/mol. The van der Waals surface area contributed by atoms with Crippen molar-refractivity contribution >= 4 is 15.8 Å². The van der Waals surface area contributed by atoms with E-state index in [2.05, 4.69) is 0 Å². The number of aromatic carboxylic acids is 1. The lowest BCUT2D eigenvalue weighted by molar-refractivity contribution is 0.0696. The molecule has 6 heteroatoms. The minimum atomic E-state index is -3.57. The molecule has 0 unspecified atom stereocenters. The summed E-state index contributed by atoms with van der Waals surface area (Å²) in [4.78, 5) is 10.8. The number of carboxylic acid groups (broad SMARTS) is 1. The van der Waals surface area contributed by atoms with Crippen LogP contribution in [0.3, 0.4) is 0 Å². The maximum Gasteiger partial charge on any atom is 0.335 e. The standard InChI is InChI=1S/C15H14O5S/c16-15(17)12-5-4-8-14(11-12)21(18,19)10-9-20-13-6-2-1-3-7-13/h1-8,11H,9-10H2,(H,16,17). The first kappa shape index (κ1) is 15.1. The fourth-order valence-electron chi connectivity index (χ4n) is 1.73. The van der Waals surface area contributed by atoms with Crippen molar-refractivity contribution < 1.29 is 23.1 Å². The average molecular weight is 306 g/mol. The SMILES string of the molecule is O=C(O)c1cccc(S(=O)(=O)CCOc2ccccc2)c1. The molecule has 0 amide bonds. The summed E-state index contributed by atoms with van der Waals surface area (Å²) in [7, 11) is -3.57. The minimum absolute atomic E-state index is 0.00362. The van der Waals surface area contributed by atoms with Crippen LogP contribution in [0.4, 0.5) is 0 Å². The van der Waals surface area contributed by atoms with Crippen LogP contribution in [0.2, 0.25) is 0 Å². The van der Waals surface area contributed by atoms with Gasteiger partial charge in [0.1, 0.15) is 12.4 Å². The molecule has 5 nitrogen and oxygen atoms in total. The van der Waals surface area contributed by atoms with Crippen molar-refractivity contribution in [3.8, 4) is 5.75 Å². The Morgan fingerprint density at radius 2 is 1.76 bits per heavy atom. The summed E-state index contributed by atoms with van der Waals surface area (Å²) < 4.78 is 29.6. The molecule has 1 N–H and O–H groups in total. The zero-order valence-corrected chi connectivity index (χ0v) is 11.9. The number of para-hydroxylation sites is 1. The third kappa shape index (κ3) is 4.06. The summed E-state index contributed by atoms with van der Waals surface area (Å²) >= 11 is 0. The Morgan fingerprint density at radius 1 is 1.05 bits per heavy atom. The number of carbonyl (C=O) groups is 1. The molecule has 0 spiro atoms. The van der Waals surface area contributed by atoms with Crippen molar-refractivity contribution in [2.75, 3.05) is 12.4 Å². The summed E-state index contributed by atoms with van der Waals surface area (Å²) in [5.74, 6) is -0.787. The molecule has 0 bridgehead atoms. The Labute approximate surface area is 122 Å². The zero-order valence-electron chi connectivity index (χ0n) is 11.1. The fourth-order valence-corrected chi connectivity index (χ4v) is 2.86. The lowest BCUT2D eigenvalue weighted by atomic mass is 10.2. The number of ether oxygens (including phenoxy) is 1. The average Bonchev–Trinajstić information content (AvgIpc) is 2.48. The summed E-state index contributed by atoms with van der Waals surface area (Å²) in [5, 5.41) is 8.88. The molecule has 2 aromatic carbocycles. The highest BCUT2D eigenvalue weighted by molar-refractivity contribution is 7.91. The first-order chi connectivity index (χ1) is 9.99. The summed E-state index contributed by atoms with van der Waals surface area (Å²) in [6.07, 6.45) is 0. The zero-order chi connectivity index (χ0) is 15.3. The molecule has 0 saturated heterocycles. The van der Waals surface area contributed by atoms with Crippen molar-refractivity contribution in [3.63, 3.8) is 0 Å². The first-order valence-electron chi connectivity index (χ1n) is 6.23. The van der Waals surface area contributed by atoms with Gasteiger partial charge in [0, 0.05) is 0 Å². The topological polar surface area (TPSA) is 80.7 Å². The highest BCUT2D eigenvalue weighted by atomic mass is 32.2. The molecule has 0 aliphatic rings. The monoisotopic (exact) mass is 306 g/mol. The molecule has 0 fully saturated rings. The Balaban J connectivity index is 2.05. The molecule has 0 aromatic heterocycles. The number of sulfone groups is 1. The van der Waals surface area contributed by atoms with Gasteiger partial charge >= 0.3 is 5.97 Å². The van der Waals surface area contributed by atoms with Gasteiger partial charge < -0.3 is 9.84 Å². The van der Waals surface area contributed by atoms with Gasteiger partial charge in [-0.2, -0.15) is 0 Å². The van der Waals surface area contributed by atoms with E-state index in [4.69, 9.17) is 9.84 Å². The maximum atomic E-state index is 12.1. The lowest BCUT2D eigenvalue weighted by Gasteiger charge is -2.07. The van der Waals surface area contributed by atoms with E-state index in [0.29, 0.717) is 5.75 Å². The summed E-state index contributed by atoms with van der Waals surface area (Å²) in [5.41, 5.74) is -0.0555. The number of hydrogen-bond acceptors (Lipinski definition) is 4. The normalized spacial score (nSPS) is 11.0. The van der Waals surface area contributed by atoms with E-state index in [-0.39, 0.29) is 22.8 Å². The molecule has 2 aromatic rings. The van der Waals surface area contributed by atoms with Gasteiger partial charge in [-0.3, -0.25) is 0 Å². The summed E-state index contributed by atoms with van der Waals surface area (Å²) in [6, 6.07) is 14.2. The molecule has 0 heterocycles. The van der Waals surface area contributed by atoms with Crippen molar-refractivity contribution in [3.05, 3.63) is 60.2 Å². The minimum Gasteiger partial charge on any atom is -0.493 e. The van der Waals surface area contributed by atoms with Gasteiger partial charge in [0.2, 0.25) is 0 Å². The van der Waals surface area contributed by atoms with Crippen molar-refractivity contribution in [1.29, 1.82) is 0 Å². The number of rotatable bonds is 6. The Morgan fingerprint density at radius 3 is 2.43 bits per heavy atom. The molecular formula is C15H14O5S. The van der Waals surface area contributed by atoms with Crippen LogP contribution in [0.25, 0.3) is 0 Å². The van der Waals surface area contributed by atoms with Gasteiger partial charge in [0.25, 0.3) is 0 Å². The van der Waals surface area contributed by atoms with E-state index in [1.165, 1.54) is 18.2 Å². The van der Waals surface area contributed by atoms with E-state index in [0.717, 1.165) is 6.07 Å². The highest BCUT2D eigenvalue weighted by Gasteiger charge is 2.16. The molecular weight excluding hydrogens is 292 g/mol.